The van der Waals surface area contributed by atoms with Crippen molar-refractivity contribution in [1.82, 2.24) is 5.32 Å². The van der Waals surface area contributed by atoms with E-state index >= 15 is 0 Å². The average Bonchev–Trinajstić information content (AvgIpc) is 2.62. The molecule has 1 heterocycles. The van der Waals surface area contributed by atoms with Crippen LogP contribution in [0.1, 0.15) is 44.1 Å². The number of hydrogen-bond donors (Lipinski definition) is 1. The Kier molecular flexibility index (Phi) is 5.20. The minimum atomic E-state index is 0.645. The van der Waals surface area contributed by atoms with Gasteiger partial charge in [0.05, 0.1) is 0 Å². The zero-order valence-corrected chi connectivity index (χ0v) is 10.3. The molecule has 1 N–H and O–H groups in total. The maximum absolute atomic E-state index is 3.57. The van der Waals surface area contributed by atoms with E-state index in [1.807, 2.05) is 11.3 Å². The van der Waals surface area contributed by atoms with Crippen molar-refractivity contribution >= 4 is 11.3 Å². The minimum absolute atomic E-state index is 0.645. The Morgan fingerprint density at radius 3 is 2.86 bits per heavy atom. The Balaban J connectivity index is 2.37. The van der Waals surface area contributed by atoms with E-state index in [0.717, 1.165) is 13.0 Å². The molecule has 1 atom stereocenters. The summed E-state index contributed by atoms with van der Waals surface area (Å²) >= 11 is 1.87. The zero-order valence-electron chi connectivity index (χ0n) is 9.47. The van der Waals surface area contributed by atoms with E-state index in [9.17, 15) is 0 Å². The molecule has 1 aromatic rings. The van der Waals surface area contributed by atoms with Gasteiger partial charge < -0.3 is 5.32 Å². The summed E-state index contributed by atoms with van der Waals surface area (Å²) in [5, 5.41) is 5.77. The predicted octanol–water partition coefficient (Wildman–Crippen LogP) is 3.59. The molecule has 0 fully saturated rings. The molecule has 2 heteroatoms. The normalized spacial score (nSPS) is 13.1. The second kappa shape index (κ2) is 6.20. The molecule has 1 nitrogen and oxygen atoms in total. The molecular weight excluding hydrogens is 190 g/mol. The summed E-state index contributed by atoms with van der Waals surface area (Å²) in [6, 6.07) is 2.89. The predicted molar refractivity (Wildman–Crippen MR) is 64.9 cm³/mol. The van der Waals surface area contributed by atoms with Crippen molar-refractivity contribution < 1.29 is 0 Å². The number of nitrogens with one attached hydrogen (secondary N) is 1. The smallest absolute Gasteiger partial charge is 0.0304 e. The van der Waals surface area contributed by atoms with Crippen LogP contribution in [-0.2, 0) is 13.0 Å². The van der Waals surface area contributed by atoms with Crippen molar-refractivity contribution in [3.63, 3.8) is 0 Å². The van der Waals surface area contributed by atoms with Crippen LogP contribution >= 0.6 is 11.3 Å². The fourth-order valence-electron chi connectivity index (χ4n) is 1.64. The van der Waals surface area contributed by atoms with E-state index in [1.54, 1.807) is 0 Å². The van der Waals surface area contributed by atoms with Gasteiger partial charge in [-0.3, -0.25) is 0 Å². The van der Waals surface area contributed by atoms with Gasteiger partial charge in [0.1, 0.15) is 0 Å². The van der Waals surface area contributed by atoms with E-state index in [1.165, 1.54) is 23.3 Å². The first kappa shape index (κ1) is 11.7. The van der Waals surface area contributed by atoms with Crippen molar-refractivity contribution in [1.29, 1.82) is 0 Å². The van der Waals surface area contributed by atoms with Crippen molar-refractivity contribution in [3.05, 3.63) is 21.9 Å². The van der Waals surface area contributed by atoms with Crippen LogP contribution in [0.25, 0.3) is 0 Å². The average molecular weight is 211 g/mol. The first-order chi connectivity index (χ1) is 6.77. The van der Waals surface area contributed by atoms with Crippen molar-refractivity contribution in [3.8, 4) is 0 Å². The molecule has 1 aromatic heterocycles. The third-order valence-electron chi connectivity index (χ3n) is 2.55. The Hall–Kier alpha value is -0.340. The van der Waals surface area contributed by atoms with Crippen LogP contribution in [-0.4, -0.2) is 6.04 Å². The molecule has 0 saturated heterocycles. The minimum Gasteiger partial charge on any atom is -0.309 e. The molecule has 0 aliphatic carbocycles. The first-order valence-electron chi connectivity index (χ1n) is 5.56. The molecule has 0 spiro atoms. The van der Waals surface area contributed by atoms with Crippen LogP contribution in [0.4, 0.5) is 0 Å². The lowest BCUT2D eigenvalue weighted by Gasteiger charge is -2.12. The van der Waals surface area contributed by atoms with Gasteiger partial charge in [-0.05, 0) is 36.8 Å². The van der Waals surface area contributed by atoms with Crippen LogP contribution in [0.2, 0.25) is 0 Å². The number of hydrogen-bond acceptors (Lipinski definition) is 2. The van der Waals surface area contributed by atoms with E-state index in [2.05, 4.69) is 37.5 Å². The molecule has 0 saturated carbocycles. The van der Waals surface area contributed by atoms with Gasteiger partial charge in [-0.2, -0.15) is 0 Å². The fourth-order valence-corrected chi connectivity index (χ4v) is 2.57. The van der Waals surface area contributed by atoms with Gasteiger partial charge in [-0.15, -0.1) is 11.3 Å². The molecule has 0 amide bonds. The maximum atomic E-state index is 3.57. The summed E-state index contributed by atoms with van der Waals surface area (Å²) < 4.78 is 0. The van der Waals surface area contributed by atoms with E-state index in [4.69, 9.17) is 0 Å². The maximum Gasteiger partial charge on any atom is 0.0304 e. The summed E-state index contributed by atoms with van der Waals surface area (Å²) in [4.78, 5) is 1.51. The van der Waals surface area contributed by atoms with Gasteiger partial charge in [0.15, 0.2) is 0 Å². The Bertz CT molecular complexity index is 255. The van der Waals surface area contributed by atoms with E-state index in [0.29, 0.717) is 6.04 Å². The standard InChI is InChI=1S/C12H21NS/c1-4-6-10(3)13-9-12-11(5-2)7-8-14-12/h7-8,10,13H,4-6,9H2,1-3H3. The molecule has 0 radical (unpaired) electrons. The highest BCUT2D eigenvalue weighted by Crippen LogP contribution is 2.17. The lowest BCUT2D eigenvalue weighted by Crippen LogP contribution is -2.25. The summed E-state index contributed by atoms with van der Waals surface area (Å²) in [6.45, 7) is 7.77. The second-order valence-corrected chi connectivity index (χ2v) is 4.79. The molecule has 0 aromatic carbocycles. The van der Waals surface area contributed by atoms with Gasteiger partial charge in [-0.25, -0.2) is 0 Å². The van der Waals surface area contributed by atoms with Crippen LogP contribution < -0.4 is 5.32 Å². The topological polar surface area (TPSA) is 12.0 Å². The van der Waals surface area contributed by atoms with Gasteiger partial charge in [0, 0.05) is 17.5 Å². The summed E-state index contributed by atoms with van der Waals surface area (Å²) in [5.41, 5.74) is 1.51. The van der Waals surface area contributed by atoms with Gasteiger partial charge in [0.25, 0.3) is 0 Å². The van der Waals surface area contributed by atoms with Crippen molar-refractivity contribution in [2.45, 2.75) is 52.6 Å². The van der Waals surface area contributed by atoms with Crippen molar-refractivity contribution in [2.75, 3.05) is 0 Å². The number of thiophene rings is 1. The Morgan fingerprint density at radius 1 is 1.43 bits per heavy atom. The Labute approximate surface area is 91.5 Å². The molecule has 14 heavy (non-hydrogen) atoms. The SMILES string of the molecule is CCCC(C)NCc1sccc1CC. The second-order valence-electron chi connectivity index (χ2n) is 3.79. The number of rotatable bonds is 6. The summed E-state index contributed by atoms with van der Waals surface area (Å²) in [7, 11) is 0. The molecule has 0 aliphatic rings. The third kappa shape index (κ3) is 3.43. The van der Waals surface area contributed by atoms with E-state index in [-0.39, 0.29) is 0 Å². The highest BCUT2D eigenvalue weighted by atomic mass is 32.1. The molecule has 0 aliphatic heterocycles. The monoisotopic (exact) mass is 211 g/mol. The van der Waals surface area contributed by atoms with Gasteiger partial charge in [0.2, 0.25) is 0 Å². The Morgan fingerprint density at radius 2 is 2.21 bits per heavy atom. The lowest BCUT2D eigenvalue weighted by atomic mass is 10.2. The first-order valence-corrected chi connectivity index (χ1v) is 6.44. The lowest BCUT2D eigenvalue weighted by molar-refractivity contribution is 0.510. The van der Waals surface area contributed by atoms with Crippen molar-refractivity contribution in [2.24, 2.45) is 0 Å². The molecule has 1 rings (SSSR count). The van der Waals surface area contributed by atoms with Crippen LogP contribution in [0, 0.1) is 0 Å². The van der Waals surface area contributed by atoms with E-state index < -0.39 is 0 Å². The summed E-state index contributed by atoms with van der Waals surface area (Å²) in [6.07, 6.45) is 3.69. The van der Waals surface area contributed by atoms with Gasteiger partial charge in [-0.1, -0.05) is 20.3 Å². The molecule has 1 unspecified atom stereocenters. The largest absolute Gasteiger partial charge is 0.309 e. The molecule has 0 bridgehead atoms. The van der Waals surface area contributed by atoms with Crippen LogP contribution in [0.5, 0.6) is 0 Å². The van der Waals surface area contributed by atoms with Crippen LogP contribution in [0.3, 0.4) is 0 Å². The highest BCUT2D eigenvalue weighted by molar-refractivity contribution is 7.10. The molecular formula is C12H21NS. The third-order valence-corrected chi connectivity index (χ3v) is 3.51. The fraction of sp³-hybridized carbons (Fsp3) is 0.667. The zero-order chi connectivity index (χ0) is 10.4. The van der Waals surface area contributed by atoms with Crippen LogP contribution in [0.15, 0.2) is 11.4 Å². The van der Waals surface area contributed by atoms with Gasteiger partial charge >= 0.3 is 0 Å². The highest BCUT2D eigenvalue weighted by Gasteiger charge is 2.04. The molecule has 80 valence electrons. The quantitative estimate of drug-likeness (QED) is 0.758. The summed E-state index contributed by atoms with van der Waals surface area (Å²) in [5.74, 6) is 0. The number of aryl methyl sites for hydroxylation is 1.